The number of hydrogen-bond donors (Lipinski definition) is 1. The van der Waals surface area contributed by atoms with Crippen LogP contribution in [0, 0.1) is 17.7 Å². The van der Waals surface area contributed by atoms with Gasteiger partial charge in [-0.15, -0.1) is 0 Å². The van der Waals surface area contributed by atoms with Gasteiger partial charge in [-0.3, -0.25) is 4.79 Å². The van der Waals surface area contributed by atoms with E-state index in [2.05, 4.69) is 11.8 Å². The van der Waals surface area contributed by atoms with Crippen molar-refractivity contribution < 1.29 is 14.3 Å². The highest BCUT2D eigenvalue weighted by molar-refractivity contribution is 5.76. The maximum absolute atomic E-state index is 13.9. The van der Waals surface area contributed by atoms with E-state index in [-0.39, 0.29) is 18.3 Å². The molecular formula is C17H20FNO2. The molecule has 4 heteroatoms. The smallest absolute Gasteiger partial charge is 0.222 e. The first-order valence-electron chi connectivity index (χ1n) is 7.36. The first-order valence-corrected chi connectivity index (χ1v) is 7.36. The molecule has 1 fully saturated rings. The van der Waals surface area contributed by atoms with Crippen molar-refractivity contribution in [3.63, 3.8) is 0 Å². The molecule has 0 atom stereocenters. The summed E-state index contributed by atoms with van der Waals surface area (Å²) in [6.45, 7) is 1.02. The van der Waals surface area contributed by atoms with Crippen molar-refractivity contribution in [2.24, 2.45) is 0 Å². The summed E-state index contributed by atoms with van der Waals surface area (Å²) in [6.07, 6.45) is 3.90. The minimum atomic E-state index is -0.306. The number of nitrogens with zero attached hydrogens (tertiary/aromatic N) is 1. The van der Waals surface area contributed by atoms with Gasteiger partial charge in [-0.05, 0) is 31.0 Å². The van der Waals surface area contributed by atoms with Crippen molar-refractivity contribution in [1.29, 1.82) is 0 Å². The first-order chi connectivity index (χ1) is 10.2. The Morgan fingerprint density at radius 1 is 1.29 bits per heavy atom. The Labute approximate surface area is 124 Å². The highest BCUT2D eigenvalue weighted by Gasteiger charge is 2.18. The van der Waals surface area contributed by atoms with E-state index in [4.69, 9.17) is 5.11 Å². The molecule has 0 radical (unpaired) electrons. The molecule has 1 heterocycles. The Balaban J connectivity index is 2.13. The van der Waals surface area contributed by atoms with E-state index in [1.165, 1.54) is 6.07 Å². The zero-order valence-corrected chi connectivity index (χ0v) is 12.1. The molecule has 1 N–H and O–H groups in total. The van der Waals surface area contributed by atoms with E-state index in [9.17, 15) is 9.18 Å². The molecule has 1 aromatic rings. The summed E-state index contributed by atoms with van der Waals surface area (Å²) in [5, 5.41) is 8.71. The summed E-state index contributed by atoms with van der Waals surface area (Å²) in [5.41, 5.74) is 1.21. The Hall–Kier alpha value is -1.86. The van der Waals surface area contributed by atoms with Crippen molar-refractivity contribution >= 4 is 5.91 Å². The molecule has 1 aromatic carbocycles. The number of amides is 1. The van der Waals surface area contributed by atoms with Crippen molar-refractivity contribution in [1.82, 2.24) is 4.90 Å². The average molecular weight is 289 g/mol. The molecule has 1 aliphatic heterocycles. The molecule has 2 rings (SSSR count). The normalized spacial score (nSPS) is 15.3. The van der Waals surface area contributed by atoms with Gasteiger partial charge in [0, 0.05) is 37.1 Å². The molecule has 0 unspecified atom stereocenters. The fourth-order valence-electron chi connectivity index (χ4n) is 2.41. The van der Waals surface area contributed by atoms with Gasteiger partial charge in [0.1, 0.15) is 5.82 Å². The summed E-state index contributed by atoms with van der Waals surface area (Å²) in [5.74, 6) is 5.51. The fourth-order valence-corrected chi connectivity index (χ4v) is 2.41. The van der Waals surface area contributed by atoms with Gasteiger partial charge in [0.2, 0.25) is 5.91 Å². The van der Waals surface area contributed by atoms with Gasteiger partial charge in [-0.2, -0.15) is 0 Å². The van der Waals surface area contributed by atoms with Crippen molar-refractivity contribution in [2.75, 3.05) is 13.2 Å². The first kappa shape index (κ1) is 15.5. The second-order valence-electron chi connectivity index (χ2n) is 5.21. The van der Waals surface area contributed by atoms with Crippen LogP contribution in [0.5, 0.6) is 0 Å². The number of halogens is 1. The van der Waals surface area contributed by atoms with Gasteiger partial charge >= 0.3 is 0 Å². The van der Waals surface area contributed by atoms with E-state index >= 15 is 0 Å². The molecule has 21 heavy (non-hydrogen) atoms. The van der Waals surface area contributed by atoms with Crippen LogP contribution >= 0.6 is 0 Å². The lowest BCUT2D eigenvalue weighted by Crippen LogP contribution is -2.30. The van der Waals surface area contributed by atoms with E-state index in [0.29, 0.717) is 37.1 Å². The minimum Gasteiger partial charge on any atom is -0.395 e. The molecule has 0 bridgehead atoms. The van der Waals surface area contributed by atoms with Gasteiger partial charge in [0.25, 0.3) is 0 Å². The Bertz CT molecular complexity index is 560. The zero-order chi connectivity index (χ0) is 15.1. The number of rotatable bonds is 3. The lowest BCUT2D eigenvalue weighted by Gasteiger charge is -2.21. The van der Waals surface area contributed by atoms with Gasteiger partial charge in [-0.25, -0.2) is 4.39 Å². The topological polar surface area (TPSA) is 40.5 Å². The molecular weight excluding hydrogens is 269 g/mol. The highest BCUT2D eigenvalue weighted by Crippen LogP contribution is 2.17. The number of carbonyl (C=O) groups is 1. The lowest BCUT2D eigenvalue weighted by molar-refractivity contribution is -0.131. The molecule has 1 amide bonds. The summed E-state index contributed by atoms with van der Waals surface area (Å²) < 4.78 is 13.9. The lowest BCUT2D eigenvalue weighted by atomic mass is 10.1. The highest BCUT2D eigenvalue weighted by atomic mass is 19.1. The van der Waals surface area contributed by atoms with Crippen LogP contribution in [0.3, 0.4) is 0 Å². The quantitative estimate of drug-likeness (QED) is 0.868. The second-order valence-corrected chi connectivity index (χ2v) is 5.21. The fraction of sp³-hybridized carbons (Fsp3) is 0.471. The van der Waals surface area contributed by atoms with Crippen LogP contribution in [0.15, 0.2) is 18.2 Å². The van der Waals surface area contributed by atoms with Crippen molar-refractivity contribution in [2.45, 2.75) is 38.6 Å². The van der Waals surface area contributed by atoms with Gasteiger partial charge in [0.15, 0.2) is 0 Å². The molecule has 0 spiro atoms. The van der Waals surface area contributed by atoms with Crippen molar-refractivity contribution in [3.05, 3.63) is 35.1 Å². The average Bonchev–Trinajstić information content (AvgIpc) is 2.68. The Kier molecular flexibility index (Phi) is 5.77. The Morgan fingerprint density at radius 2 is 2.14 bits per heavy atom. The third-order valence-corrected chi connectivity index (χ3v) is 3.55. The van der Waals surface area contributed by atoms with E-state index < -0.39 is 0 Å². The van der Waals surface area contributed by atoms with Crippen molar-refractivity contribution in [3.8, 4) is 11.8 Å². The largest absolute Gasteiger partial charge is 0.395 e. The van der Waals surface area contributed by atoms with Gasteiger partial charge in [-0.1, -0.05) is 18.3 Å². The maximum Gasteiger partial charge on any atom is 0.222 e. The molecule has 0 aromatic heterocycles. The summed E-state index contributed by atoms with van der Waals surface area (Å²) in [7, 11) is 0. The number of hydrogen-bond acceptors (Lipinski definition) is 2. The minimum absolute atomic E-state index is 0.0172. The van der Waals surface area contributed by atoms with E-state index in [0.717, 1.165) is 19.3 Å². The molecule has 3 nitrogen and oxygen atoms in total. The monoisotopic (exact) mass is 289 g/mol. The van der Waals surface area contributed by atoms with Crippen LogP contribution in [0.25, 0.3) is 0 Å². The zero-order valence-electron chi connectivity index (χ0n) is 12.1. The van der Waals surface area contributed by atoms with Crippen LogP contribution < -0.4 is 0 Å². The number of carbonyl (C=O) groups excluding carboxylic acids is 1. The van der Waals surface area contributed by atoms with Crippen LogP contribution in [0.2, 0.25) is 0 Å². The number of likely N-dealkylation sites (tertiary alicyclic amines) is 1. The number of benzene rings is 1. The maximum atomic E-state index is 13.9. The standard InChI is InChI=1S/C17H20FNO2/c18-16-9-8-14(6-3-5-11-20)12-15(16)13-19-10-4-1-2-7-17(19)21/h8-9,12,20H,1-2,4-5,7,10-11,13H2. The summed E-state index contributed by atoms with van der Waals surface area (Å²) in [6, 6.07) is 4.70. The third-order valence-electron chi connectivity index (χ3n) is 3.55. The summed E-state index contributed by atoms with van der Waals surface area (Å²) >= 11 is 0. The van der Waals surface area contributed by atoms with Crippen LogP contribution in [0.1, 0.15) is 43.2 Å². The summed E-state index contributed by atoms with van der Waals surface area (Å²) in [4.78, 5) is 13.7. The van der Waals surface area contributed by atoms with E-state index in [1.807, 2.05) is 0 Å². The van der Waals surface area contributed by atoms with Crippen LogP contribution in [0.4, 0.5) is 4.39 Å². The molecule has 0 aliphatic carbocycles. The number of aliphatic hydroxyl groups is 1. The Morgan fingerprint density at radius 3 is 2.95 bits per heavy atom. The third kappa shape index (κ3) is 4.57. The number of aliphatic hydroxyl groups excluding tert-OH is 1. The molecule has 112 valence electrons. The SMILES string of the molecule is O=C1CCCCCN1Cc1cc(C#CCCO)ccc1F. The predicted octanol–water partition coefficient (Wildman–Crippen LogP) is 2.46. The molecule has 1 aliphatic rings. The van der Waals surface area contributed by atoms with Crippen LogP contribution in [-0.4, -0.2) is 29.1 Å². The second kappa shape index (κ2) is 7.80. The predicted molar refractivity (Wildman–Crippen MR) is 78.9 cm³/mol. The molecule has 1 saturated heterocycles. The van der Waals surface area contributed by atoms with E-state index in [1.54, 1.807) is 17.0 Å². The van der Waals surface area contributed by atoms with Gasteiger partial charge in [0.05, 0.1) is 6.61 Å². The van der Waals surface area contributed by atoms with Crippen LogP contribution in [-0.2, 0) is 11.3 Å². The molecule has 0 saturated carbocycles. The van der Waals surface area contributed by atoms with Gasteiger partial charge < -0.3 is 10.0 Å².